The summed E-state index contributed by atoms with van der Waals surface area (Å²) in [6.45, 7) is 5.51. The second kappa shape index (κ2) is 55.9. The molecule has 0 aromatic carbocycles. The van der Waals surface area contributed by atoms with Crippen molar-refractivity contribution in [2.45, 2.75) is 264 Å². The van der Waals surface area contributed by atoms with Gasteiger partial charge < -0.3 is 18.9 Å². The molecule has 0 saturated heterocycles. The first kappa shape index (κ1) is 70.7. The van der Waals surface area contributed by atoms with Crippen LogP contribution in [0.4, 0.5) is 0 Å². The Morgan fingerprint density at radius 3 is 1.19 bits per heavy atom. The number of esters is 1. The molecule has 0 aliphatic heterocycles. The van der Waals surface area contributed by atoms with Crippen LogP contribution in [0.1, 0.15) is 258 Å². The van der Waals surface area contributed by atoms with Crippen molar-refractivity contribution in [1.29, 1.82) is 0 Å². The van der Waals surface area contributed by atoms with Gasteiger partial charge in [0.2, 0.25) is 0 Å². The van der Waals surface area contributed by atoms with E-state index < -0.39 is 13.9 Å². The van der Waals surface area contributed by atoms with E-state index in [-0.39, 0.29) is 25.8 Å². The molecule has 0 fully saturated rings. The maximum absolute atomic E-state index is 12.8. The third kappa shape index (κ3) is 60.4. The van der Waals surface area contributed by atoms with Gasteiger partial charge in [0, 0.05) is 13.0 Å². The van der Waals surface area contributed by atoms with Gasteiger partial charge in [0.1, 0.15) is 19.3 Å². The Labute approximate surface area is 452 Å². The molecule has 0 saturated carbocycles. The minimum Gasteiger partial charge on any atom is -0.457 e. The molecule has 73 heavy (non-hydrogen) atoms. The number of phosphoric ester groups is 1. The largest absolute Gasteiger partial charge is 0.472 e. The van der Waals surface area contributed by atoms with E-state index in [2.05, 4.69) is 98.9 Å². The van der Waals surface area contributed by atoms with Gasteiger partial charge in [-0.2, -0.15) is 0 Å². The molecule has 0 bridgehead atoms. The fourth-order valence-electron chi connectivity index (χ4n) is 8.32. The number of phosphoric acid groups is 1. The van der Waals surface area contributed by atoms with Crippen LogP contribution in [-0.2, 0) is 27.9 Å². The summed E-state index contributed by atoms with van der Waals surface area (Å²) >= 11 is 0. The number of rotatable bonds is 56. The quantitative estimate of drug-likeness (QED) is 0.0213. The zero-order chi connectivity index (χ0) is 53.3. The topological polar surface area (TPSA) is 91.3 Å². The minimum atomic E-state index is -4.29. The number of allylic oxidation sites excluding steroid dienone is 14. The molecular formula is C64H117NO7P+. The standard InChI is InChI=1S/C64H116NO7P/c1-6-8-10-12-14-16-18-20-22-24-26-28-30-32-34-36-38-40-42-44-46-48-50-52-54-56-59-69-61-63(62-71-73(67,68)70-60-58-65(3,4)5)72-64(66)57-55-53-51-49-47-45-43-41-39-37-35-33-31-29-27-25-23-21-19-17-15-13-11-9-7-2/h9,11,15,17-18,20-21,23-24,26-27,29-30,32,63H,6-8,10,12-14,16,19,22,25,28,31,33-62H2,1-5H3/p+1/b11-9-,17-15-,20-18-,23-21-,26-24-,29-27-,32-30-. The first-order chi connectivity index (χ1) is 35.6. The molecule has 424 valence electrons. The van der Waals surface area contributed by atoms with E-state index in [1.807, 2.05) is 21.1 Å². The fraction of sp³-hybridized carbons (Fsp3) is 0.766. The van der Waals surface area contributed by atoms with Crippen molar-refractivity contribution in [2.24, 2.45) is 0 Å². The number of hydrogen-bond acceptors (Lipinski definition) is 6. The average molecular weight is 1040 g/mol. The highest BCUT2D eigenvalue weighted by Gasteiger charge is 2.26. The monoisotopic (exact) mass is 1040 g/mol. The Morgan fingerprint density at radius 1 is 0.438 bits per heavy atom. The highest BCUT2D eigenvalue weighted by molar-refractivity contribution is 7.47. The van der Waals surface area contributed by atoms with Crippen molar-refractivity contribution in [3.05, 3.63) is 85.1 Å². The molecule has 0 aliphatic rings. The highest BCUT2D eigenvalue weighted by atomic mass is 31.2. The smallest absolute Gasteiger partial charge is 0.457 e. The van der Waals surface area contributed by atoms with E-state index >= 15 is 0 Å². The number of likely N-dealkylation sites (N-methyl/N-ethyl adjacent to an activating group) is 1. The van der Waals surface area contributed by atoms with Gasteiger partial charge in [-0.05, 0) is 89.9 Å². The van der Waals surface area contributed by atoms with Crippen LogP contribution in [0.15, 0.2) is 85.1 Å². The Kier molecular flexibility index (Phi) is 54.1. The van der Waals surface area contributed by atoms with Gasteiger partial charge in [-0.25, -0.2) is 4.57 Å². The van der Waals surface area contributed by atoms with E-state index in [0.717, 1.165) is 70.6 Å². The lowest BCUT2D eigenvalue weighted by Crippen LogP contribution is -2.37. The van der Waals surface area contributed by atoms with Crippen molar-refractivity contribution in [3.63, 3.8) is 0 Å². The number of quaternary nitrogens is 1. The predicted molar refractivity (Wildman–Crippen MR) is 316 cm³/mol. The Hall–Kier alpha value is -2.32. The summed E-state index contributed by atoms with van der Waals surface area (Å²) in [7, 11) is 1.66. The van der Waals surface area contributed by atoms with E-state index in [1.165, 1.54) is 167 Å². The average Bonchev–Trinajstić information content (AvgIpc) is 3.35. The van der Waals surface area contributed by atoms with Crippen molar-refractivity contribution >= 4 is 13.8 Å². The maximum atomic E-state index is 12.8. The normalized spacial score (nSPS) is 14.0. The van der Waals surface area contributed by atoms with Crippen LogP contribution in [0.2, 0.25) is 0 Å². The van der Waals surface area contributed by atoms with Crippen LogP contribution >= 0.6 is 7.82 Å². The second-order valence-corrected chi connectivity index (χ2v) is 22.8. The summed E-state index contributed by atoms with van der Waals surface area (Å²) in [5.74, 6) is -0.317. The zero-order valence-corrected chi connectivity index (χ0v) is 49.3. The first-order valence-corrected chi connectivity index (χ1v) is 31.8. The molecule has 2 atom stereocenters. The van der Waals surface area contributed by atoms with E-state index in [1.54, 1.807) is 0 Å². The molecule has 0 heterocycles. The van der Waals surface area contributed by atoms with E-state index in [0.29, 0.717) is 24.1 Å². The van der Waals surface area contributed by atoms with Crippen LogP contribution < -0.4 is 0 Å². The lowest BCUT2D eigenvalue weighted by atomic mass is 10.0. The number of carbonyl (C=O) groups excluding carboxylic acids is 1. The molecule has 0 amide bonds. The molecule has 9 heteroatoms. The lowest BCUT2D eigenvalue weighted by molar-refractivity contribution is -0.870. The van der Waals surface area contributed by atoms with Gasteiger partial charge in [0.15, 0.2) is 0 Å². The summed E-state index contributed by atoms with van der Waals surface area (Å²) in [5.41, 5.74) is 0. The predicted octanol–water partition coefficient (Wildman–Crippen LogP) is 19.5. The minimum absolute atomic E-state index is 0.0846. The first-order valence-electron chi connectivity index (χ1n) is 30.3. The molecule has 0 spiro atoms. The molecule has 0 rings (SSSR count). The van der Waals surface area contributed by atoms with E-state index in [4.69, 9.17) is 18.5 Å². The summed E-state index contributed by atoms with van der Waals surface area (Å²) in [6.07, 6.45) is 76.5. The molecule has 0 aliphatic carbocycles. The van der Waals surface area contributed by atoms with Crippen LogP contribution in [0.25, 0.3) is 0 Å². The van der Waals surface area contributed by atoms with Crippen molar-refractivity contribution < 1.29 is 37.3 Å². The number of carbonyl (C=O) groups is 1. The van der Waals surface area contributed by atoms with Gasteiger partial charge >= 0.3 is 13.8 Å². The van der Waals surface area contributed by atoms with Gasteiger partial charge in [0.25, 0.3) is 0 Å². The van der Waals surface area contributed by atoms with Crippen LogP contribution in [0.3, 0.4) is 0 Å². The van der Waals surface area contributed by atoms with Gasteiger partial charge in [-0.15, -0.1) is 0 Å². The third-order valence-electron chi connectivity index (χ3n) is 12.9. The second-order valence-electron chi connectivity index (χ2n) is 21.3. The van der Waals surface area contributed by atoms with Crippen LogP contribution in [0, 0.1) is 0 Å². The molecule has 0 aromatic rings. The molecular weight excluding hydrogens is 926 g/mol. The van der Waals surface area contributed by atoms with Gasteiger partial charge in [0.05, 0.1) is 34.4 Å². The molecule has 0 radical (unpaired) electrons. The summed E-state index contributed by atoms with van der Waals surface area (Å²) in [5, 5.41) is 0. The molecule has 2 unspecified atom stereocenters. The summed E-state index contributed by atoms with van der Waals surface area (Å²) in [6, 6.07) is 0. The van der Waals surface area contributed by atoms with E-state index in [9.17, 15) is 14.3 Å². The van der Waals surface area contributed by atoms with Crippen LogP contribution in [-0.4, -0.2) is 75.6 Å². The van der Waals surface area contributed by atoms with Crippen molar-refractivity contribution in [1.82, 2.24) is 0 Å². The maximum Gasteiger partial charge on any atom is 0.472 e. The summed E-state index contributed by atoms with van der Waals surface area (Å²) in [4.78, 5) is 23.1. The van der Waals surface area contributed by atoms with Crippen LogP contribution in [0.5, 0.6) is 0 Å². The summed E-state index contributed by atoms with van der Waals surface area (Å²) < 4.78 is 35.3. The lowest BCUT2D eigenvalue weighted by Gasteiger charge is -2.24. The van der Waals surface area contributed by atoms with Crippen molar-refractivity contribution in [2.75, 3.05) is 54.1 Å². The SMILES string of the molecule is CC/C=C\C/C=C\C/C=C\C/C=C\CCCCCCCCCCCCCCC(=O)OC(COCCCCCCCCCCCCC/C=C\C/C=C\C/C=C\CCCCCCC)COP(=O)(O)OCC[N+](C)(C)C. The fourth-order valence-corrected chi connectivity index (χ4v) is 9.06. The third-order valence-corrected chi connectivity index (χ3v) is 13.9. The zero-order valence-electron chi connectivity index (χ0n) is 48.4. The number of nitrogens with zero attached hydrogens (tertiary/aromatic N) is 1. The Balaban J connectivity index is 4.07. The molecule has 8 nitrogen and oxygen atoms in total. The Morgan fingerprint density at radius 2 is 0.795 bits per heavy atom. The number of ether oxygens (including phenoxy) is 2. The Bertz CT molecular complexity index is 1440. The number of unbranched alkanes of at least 4 members (excludes halogenated alkanes) is 28. The molecule has 0 aromatic heterocycles. The van der Waals surface area contributed by atoms with Gasteiger partial charge in [-0.3, -0.25) is 13.8 Å². The molecule has 1 N–H and O–H groups in total. The highest BCUT2D eigenvalue weighted by Crippen LogP contribution is 2.43. The van der Waals surface area contributed by atoms with Gasteiger partial charge in [-0.1, -0.05) is 247 Å². The van der Waals surface area contributed by atoms with Crippen molar-refractivity contribution in [3.8, 4) is 0 Å². The number of hydrogen-bond donors (Lipinski definition) is 1.